The van der Waals surface area contributed by atoms with Crippen LogP contribution in [0.15, 0.2) is 17.3 Å². The minimum absolute atomic E-state index is 0.366. The van der Waals surface area contributed by atoms with E-state index in [-0.39, 0.29) is 0 Å². The lowest BCUT2D eigenvalue weighted by Gasteiger charge is -2.35. The second-order valence-corrected chi connectivity index (χ2v) is 4.12. The van der Waals surface area contributed by atoms with Gasteiger partial charge in [0.1, 0.15) is 0 Å². The van der Waals surface area contributed by atoms with Gasteiger partial charge >= 0.3 is 0 Å². The number of likely N-dealkylation sites (tertiary alicyclic amines) is 1. The molecule has 0 bridgehead atoms. The highest BCUT2D eigenvalue weighted by Gasteiger charge is 2.25. The molecule has 1 saturated heterocycles. The Morgan fingerprint density at radius 3 is 2.79 bits per heavy atom. The summed E-state index contributed by atoms with van der Waals surface area (Å²) in [5, 5.41) is 12.3. The van der Waals surface area contributed by atoms with Gasteiger partial charge < -0.3 is 5.21 Å². The summed E-state index contributed by atoms with van der Waals surface area (Å²) in [4.78, 5) is 2.46. The van der Waals surface area contributed by atoms with Crippen molar-refractivity contribution in [3.05, 3.63) is 12.2 Å². The van der Waals surface area contributed by atoms with Crippen molar-refractivity contribution >= 4 is 5.71 Å². The SMILES string of the molecule is O/N=C1\C=CCCC1N1CCCCC1. The first-order chi connectivity index (χ1) is 6.92. The molecular weight excluding hydrogens is 176 g/mol. The lowest BCUT2D eigenvalue weighted by molar-refractivity contribution is 0.190. The van der Waals surface area contributed by atoms with Gasteiger partial charge in [0.2, 0.25) is 0 Å². The molecule has 1 aliphatic carbocycles. The second-order valence-electron chi connectivity index (χ2n) is 4.12. The zero-order valence-corrected chi connectivity index (χ0v) is 8.52. The number of rotatable bonds is 1. The van der Waals surface area contributed by atoms with E-state index in [1.807, 2.05) is 6.08 Å². The average Bonchev–Trinajstić information content (AvgIpc) is 2.30. The van der Waals surface area contributed by atoms with Crippen LogP contribution in [-0.4, -0.2) is 35.0 Å². The first kappa shape index (κ1) is 9.71. The largest absolute Gasteiger partial charge is 0.411 e. The van der Waals surface area contributed by atoms with Gasteiger partial charge in [-0.25, -0.2) is 0 Å². The number of piperidine rings is 1. The monoisotopic (exact) mass is 194 g/mol. The average molecular weight is 194 g/mol. The molecule has 3 nitrogen and oxygen atoms in total. The van der Waals surface area contributed by atoms with Crippen molar-refractivity contribution in [3.63, 3.8) is 0 Å². The Kier molecular flexibility index (Phi) is 3.19. The second kappa shape index (κ2) is 4.60. The van der Waals surface area contributed by atoms with Gasteiger partial charge in [-0.15, -0.1) is 0 Å². The van der Waals surface area contributed by atoms with Crippen LogP contribution >= 0.6 is 0 Å². The van der Waals surface area contributed by atoms with Gasteiger partial charge in [-0.2, -0.15) is 0 Å². The molecule has 0 aromatic rings. The van der Waals surface area contributed by atoms with Gasteiger partial charge in [0, 0.05) is 0 Å². The lowest BCUT2D eigenvalue weighted by atomic mass is 9.96. The Bertz CT molecular complexity index is 242. The molecule has 1 atom stereocenters. The predicted molar refractivity (Wildman–Crippen MR) is 56.8 cm³/mol. The van der Waals surface area contributed by atoms with Crippen LogP contribution in [0.4, 0.5) is 0 Å². The summed E-state index contributed by atoms with van der Waals surface area (Å²) in [6, 6.07) is 0.366. The minimum atomic E-state index is 0.366. The van der Waals surface area contributed by atoms with E-state index in [9.17, 15) is 0 Å². The normalized spacial score (nSPS) is 32.3. The highest BCUT2D eigenvalue weighted by molar-refractivity contribution is 5.99. The van der Waals surface area contributed by atoms with Gasteiger partial charge in [-0.1, -0.05) is 17.7 Å². The summed E-state index contributed by atoms with van der Waals surface area (Å²) in [5.74, 6) is 0. The van der Waals surface area contributed by atoms with E-state index in [1.165, 1.54) is 19.3 Å². The summed E-state index contributed by atoms with van der Waals surface area (Å²) in [6.45, 7) is 2.33. The molecule has 0 radical (unpaired) electrons. The number of allylic oxidation sites excluding steroid dienone is 1. The third kappa shape index (κ3) is 1.98. The third-order valence-corrected chi connectivity index (χ3v) is 3.18. The van der Waals surface area contributed by atoms with E-state index in [2.05, 4.69) is 16.1 Å². The van der Waals surface area contributed by atoms with Gasteiger partial charge in [0.05, 0.1) is 11.8 Å². The molecule has 1 heterocycles. The number of hydrogen-bond donors (Lipinski definition) is 1. The Morgan fingerprint density at radius 1 is 1.29 bits per heavy atom. The van der Waals surface area contributed by atoms with E-state index in [0.717, 1.165) is 31.6 Å². The van der Waals surface area contributed by atoms with E-state index in [4.69, 9.17) is 5.21 Å². The van der Waals surface area contributed by atoms with Crippen molar-refractivity contribution in [1.29, 1.82) is 0 Å². The van der Waals surface area contributed by atoms with Crippen molar-refractivity contribution in [1.82, 2.24) is 4.90 Å². The quantitative estimate of drug-likeness (QED) is 0.512. The predicted octanol–water partition coefficient (Wildman–Crippen LogP) is 2.02. The van der Waals surface area contributed by atoms with E-state index >= 15 is 0 Å². The maximum Gasteiger partial charge on any atom is 0.0964 e. The molecule has 0 aromatic heterocycles. The molecule has 1 N–H and O–H groups in total. The first-order valence-corrected chi connectivity index (χ1v) is 5.54. The standard InChI is InChI=1S/C11H18N2O/c14-12-10-6-2-3-7-11(10)13-8-4-1-5-9-13/h2,6,11,14H,1,3-5,7-9H2/b12-10+. The van der Waals surface area contributed by atoms with Gasteiger partial charge in [0.15, 0.2) is 0 Å². The zero-order chi connectivity index (χ0) is 9.80. The summed E-state index contributed by atoms with van der Waals surface area (Å²) < 4.78 is 0. The molecule has 2 rings (SSSR count). The molecule has 0 amide bonds. The Morgan fingerprint density at radius 2 is 2.07 bits per heavy atom. The summed E-state index contributed by atoms with van der Waals surface area (Å²) in [7, 11) is 0. The Balaban J connectivity index is 2.04. The molecule has 2 aliphatic rings. The molecule has 3 heteroatoms. The van der Waals surface area contributed by atoms with Gasteiger partial charge in [0.25, 0.3) is 0 Å². The molecule has 14 heavy (non-hydrogen) atoms. The van der Waals surface area contributed by atoms with E-state index in [1.54, 1.807) is 0 Å². The first-order valence-electron chi connectivity index (χ1n) is 5.54. The third-order valence-electron chi connectivity index (χ3n) is 3.18. The van der Waals surface area contributed by atoms with Crippen LogP contribution in [0, 0.1) is 0 Å². The lowest BCUT2D eigenvalue weighted by Crippen LogP contribution is -2.44. The Hall–Kier alpha value is -0.830. The number of hydrogen-bond acceptors (Lipinski definition) is 3. The smallest absolute Gasteiger partial charge is 0.0964 e. The van der Waals surface area contributed by atoms with Gasteiger partial charge in [-0.05, 0) is 44.8 Å². The fourth-order valence-corrected chi connectivity index (χ4v) is 2.42. The van der Waals surface area contributed by atoms with Crippen LogP contribution in [0.3, 0.4) is 0 Å². The van der Waals surface area contributed by atoms with E-state index < -0.39 is 0 Å². The topological polar surface area (TPSA) is 35.8 Å². The zero-order valence-electron chi connectivity index (χ0n) is 8.52. The summed E-state index contributed by atoms with van der Waals surface area (Å²) in [5.41, 5.74) is 0.846. The van der Waals surface area contributed by atoms with Crippen LogP contribution in [-0.2, 0) is 0 Å². The maximum atomic E-state index is 8.90. The van der Waals surface area contributed by atoms with Gasteiger partial charge in [-0.3, -0.25) is 4.90 Å². The molecule has 0 aromatic carbocycles. The van der Waals surface area contributed by atoms with Crippen molar-refractivity contribution in [2.45, 2.75) is 38.1 Å². The molecule has 78 valence electrons. The van der Waals surface area contributed by atoms with E-state index in [0.29, 0.717) is 6.04 Å². The summed E-state index contributed by atoms with van der Waals surface area (Å²) in [6.07, 6.45) is 10.2. The van der Waals surface area contributed by atoms with Crippen molar-refractivity contribution < 1.29 is 5.21 Å². The minimum Gasteiger partial charge on any atom is -0.411 e. The highest BCUT2D eigenvalue weighted by Crippen LogP contribution is 2.20. The van der Waals surface area contributed by atoms with Crippen LogP contribution in [0.5, 0.6) is 0 Å². The molecule has 0 spiro atoms. The number of oxime groups is 1. The summed E-state index contributed by atoms with van der Waals surface area (Å²) >= 11 is 0. The fraction of sp³-hybridized carbons (Fsp3) is 0.727. The number of nitrogens with zero attached hydrogens (tertiary/aromatic N) is 2. The van der Waals surface area contributed by atoms with Crippen LogP contribution in [0.2, 0.25) is 0 Å². The van der Waals surface area contributed by atoms with Crippen molar-refractivity contribution in [2.75, 3.05) is 13.1 Å². The van der Waals surface area contributed by atoms with Crippen LogP contribution in [0.25, 0.3) is 0 Å². The van der Waals surface area contributed by atoms with Crippen LogP contribution < -0.4 is 0 Å². The van der Waals surface area contributed by atoms with Crippen LogP contribution in [0.1, 0.15) is 32.1 Å². The maximum absolute atomic E-state index is 8.90. The molecule has 1 fully saturated rings. The van der Waals surface area contributed by atoms with Crippen molar-refractivity contribution in [3.8, 4) is 0 Å². The molecule has 1 aliphatic heterocycles. The molecule has 0 saturated carbocycles. The van der Waals surface area contributed by atoms with Crippen molar-refractivity contribution in [2.24, 2.45) is 5.16 Å². The highest BCUT2D eigenvalue weighted by atomic mass is 16.4. The molecule has 1 unspecified atom stereocenters. The molecular formula is C11H18N2O. The fourth-order valence-electron chi connectivity index (χ4n) is 2.42. The Labute approximate surface area is 85.1 Å².